The SMILES string of the molecule is CCSC1CCCC1NCc1cc(CC)nn1C. The van der Waals surface area contributed by atoms with Gasteiger partial charge in [-0.1, -0.05) is 20.3 Å². The molecular formula is C14H25N3S. The molecular weight excluding hydrogens is 242 g/mol. The molecule has 1 N–H and O–H groups in total. The third-order valence-corrected chi connectivity index (χ3v) is 5.09. The molecule has 1 aliphatic rings. The zero-order valence-electron chi connectivity index (χ0n) is 11.8. The van der Waals surface area contributed by atoms with Crippen LogP contribution in [0.2, 0.25) is 0 Å². The Bertz CT molecular complexity index is 375. The molecule has 1 saturated carbocycles. The second-order valence-corrected chi connectivity index (χ2v) is 6.53. The van der Waals surface area contributed by atoms with Crippen LogP contribution in [0.5, 0.6) is 0 Å². The Labute approximate surface area is 115 Å². The maximum Gasteiger partial charge on any atom is 0.0625 e. The molecule has 0 spiro atoms. The Morgan fingerprint density at radius 2 is 2.28 bits per heavy atom. The molecule has 2 rings (SSSR count). The lowest BCUT2D eigenvalue weighted by Crippen LogP contribution is -2.34. The van der Waals surface area contributed by atoms with Gasteiger partial charge in [-0.3, -0.25) is 4.68 Å². The van der Waals surface area contributed by atoms with Crippen LogP contribution < -0.4 is 5.32 Å². The van der Waals surface area contributed by atoms with Gasteiger partial charge in [0, 0.05) is 24.9 Å². The van der Waals surface area contributed by atoms with Gasteiger partial charge in [-0.2, -0.15) is 16.9 Å². The number of nitrogens with zero attached hydrogens (tertiary/aromatic N) is 2. The zero-order chi connectivity index (χ0) is 13.0. The average molecular weight is 267 g/mol. The highest BCUT2D eigenvalue weighted by Gasteiger charge is 2.26. The minimum atomic E-state index is 0.690. The molecule has 2 atom stereocenters. The lowest BCUT2D eigenvalue weighted by atomic mass is 10.2. The summed E-state index contributed by atoms with van der Waals surface area (Å²) >= 11 is 2.11. The van der Waals surface area contributed by atoms with E-state index in [9.17, 15) is 0 Å². The molecule has 1 aromatic heterocycles. The summed E-state index contributed by atoms with van der Waals surface area (Å²) in [5.41, 5.74) is 2.50. The molecule has 0 radical (unpaired) electrons. The van der Waals surface area contributed by atoms with E-state index in [2.05, 4.69) is 42.1 Å². The van der Waals surface area contributed by atoms with Crippen LogP contribution in [0, 0.1) is 0 Å². The molecule has 1 aromatic rings. The van der Waals surface area contributed by atoms with E-state index in [0.29, 0.717) is 6.04 Å². The molecule has 3 nitrogen and oxygen atoms in total. The van der Waals surface area contributed by atoms with Crippen molar-refractivity contribution in [3.05, 3.63) is 17.5 Å². The van der Waals surface area contributed by atoms with Crippen molar-refractivity contribution in [2.45, 2.75) is 57.4 Å². The fraction of sp³-hybridized carbons (Fsp3) is 0.786. The normalized spacial score (nSPS) is 23.7. The highest BCUT2D eigenvalue weighted by Crippen LogP contribution is 2.30. The Hall–Kier alpha value is -0.480. The minimum absolute atomic E-state index is 0.690. The van der Waals surface area contributed by atoms with Crippen LogP contribution in [0.3, 0.4) is 0 Å². The predicted molar refractivity (Wildman–Crippen MR) is 79.0 cm³/mol. The Balaban J connectivity index is 1.88. The van der Waals surface area contributed by atoms with Gasteiger partial charge in [0.2, 0.25) is 0 Å². The van der Waals surface area contributed by atoms with Gasteiger partial charge in [0.15, 0.2) is 0 Å². The van der Waals surface area contributed by atoms with Gasteiger partial charge < -0.3 is 5.32 Å². The quantitative estimate of drug-likeness (QED) is 0.859. The highest BCUT2D eigenvalue weighted by molar-refractivity contribution is 7.99. The smallest absolute Gasteiger partial charge is 0.0625 e. The standard InChI is InChI=1S/C14H25N3S/c1-4-11-9-12(17(3)16-11)10-15-13-7-6-8-14(13)18-5-2/h9,13-15H,4-8,10H2,1-3H3. The van der Waals surface area contributed by atoms with Gasteiger partial charge in [-0.15, -0.1) is 0 Å². The number of aryl methyl sites for hydroxylation is 2. The van der Waals surface area contributed by atoms with Crippen molar-refractivity contribution >= 4 is 11.8 Å². The maximum atomic E-state index is 4.50. The van der Waals surface area contributed by atoms with Crippen LogP contribution >= 0.6 is 11.8 Å². The Morgan fingerprint density at radius 3 is 2.94 bits per heavy atom. The predicted octanol–water partition coefficient (Wildman–Crippen LogP) is 2.75. The van der Waals surface area contributed by atoms with Crippen LogP contribution in [-0.2, 0) is 20.0 Å². The zero-order valence-corrected chi connectivity index (χ0v) is 12.6. The fourth-order valence-electron chi connectivity index (χ4n) is 2.72. The van der Waals surface area contributed by atoms with Gasteiger partial charge in [-0.25, -0.2) is 0 Å². The van der Waals surface area contributed by atoms with E-state index in [1.165, 1.54) is 36.4 Å². The van der Waals surface area contributed by atoms with Crippen LogP contribution in [-0.4, -0.2) is 26.8 Å². The van der Waals surface area contributed by atoms with Gasteiger partial charge in [-0.05, 0) is 31.1 Å². The van der Waals surface area contributed by atoms with Gasteiger partial charge in [0.05, 0.1) is 11.4 Å². The molecule has 18 heavy (non-hydrogen) atoms. The minimum Gasteiger partial charge on any atom is -0.307 e. The first kappa shape index (κ1) is 13.9. The van der Waals surface area contributed by atoms with Crippen molar-refractivity contribution in [3.63, 3.8) is 0 Å². The first-order valence-electron chi connectivity index (χ1n) is 7.11. The largest absolute Gasteiger partial charge is 0.307 e. The molecule has 0 amide bonds. The van der Waals surface area contributed by atoms with E-state index in [1.807, 2.05) is 11.7 Å². The lowest BCUT2D eigenvalue weighted by molar-refractivity contribution is 0.514. The monoisotopic (exact) mass is 267 g/mol. The Morgan fingerprint density at radius 1 is 1.44 bits per heavy atom. The Kier molecular flexibility index (Phi) is 5.13. The van der Waals surface area contributed by atoms with Crippen LogP contribution in [0.4, 0.5) is 0 Å². The lowest BCUT2D eigenvalue weighted by Gasteiger charge is -2.20. The molecule has 102 valence electrons. The van der Waals surface area contributed by atoms with E-state index in [-0.39, 0.29) is 0 Å². The summed E-state index contributed by atoms with van der Waals surface area (Å²) < 4.78 is 2.02. The number of hydrogen-bond acceptors (Lipinski definition) is 3. The first-order valence-corrected chi connectivity index (χ1v) is 8.16. The molecule has 0 aliphatic heterocycles. The van der Waals surface area contributed by atoms with E-state index < -0.39 is 0 Å². The van der Waals surface area contributed by atoms with Crippen molar-refractivity contribution in [1.82, 2.24) is 15.1 Å². The number of hydrogen-bond donors (Lipinski definition) is 1. The molecule has 0 aromatic carbocycles. The summed E-state index contributed by atoms with van der Waals surface area (Å²) in [5.74, 6) is 1.23. The third kappa shape index (κ3) is 3.29. The number of aromatic nitrogens is 2. The maximum absolute atomic E-state index is 4.50. The van der Waals surface area contributed by atoms with E-state index in [0.717, 1.165) is 18.2 Å². The van der Waals surface area contributed by atoms with Gasteiger partial charge >= 0.3 is 0 Å². The molecule has 0 saturated heterocycles. The first-order chi connectivity index (χ1) is 8.74. The summed E-state index contributed by atoms with van der Waals surface area (Å²) in [6, 6.07) is 2.92. The van der Waals surface area contributed by atoms with Gasteiger partial charge in [0.1, 0.15) is 0 Å². The van der Waals surface area contributed by atoms with Gasteiger partial charge in [0.25, 0.3) is 0 Å². The van der Waals surface area contributed by atoms with Crippen LogP contribution in [0.15, 0.2) is 6.07 Å². The summed E-state index contributed by atoms with van der Waals surface area (Å²) in [5, 5.41) is 9.04. The molecule has 1 fully saturated rings. The average Bonchev–Trinajstić information content (AvgIpc) is 2.94. The summed E-state index contributed by atoms with van der Waals surface area (Å²) in [7, 11) is 2.04. The van der Waals surface area contributed by atoms with E-state index in [1.54, 1.807) is 0 Å². The van der Waals surface area contributed by atoms with E-state index >= 15 is 0 Å². The number of thioether (sulfide) groups is 1. The van der Waals surface area contributed by atoms with E-state index in [4.69, 9.17) is 0 Å². The summed E-state index contributed by atoms with van der Waals surface area (Å²) in [6.45, 7) is 5.37. The topological polar surface area (TPSA) is 29.9 Å². The van der Waals surface area contributed by atoms with Crippen molar-refractivity contribution in [2.24, 2.45) is 7.05 Å². The molecule has 2 unspecified atom stereocenters. The van der Waals surface area contributed by atoms with Crippen molar-refractivity contribution in [1.29, 1.82) is 0 Å². The van der Waals surface area contributed by atoms with Crippen molar-refractivity contribution < 1.29 is 0 Å². The molecule has 0 bridgehead atoms. The number of nitrogens with one attached hydrogen (secondary N) is 1. The van der Waals surface area contributed by atoms with Crippen LogP contribution in [0.25, 0.3) is 0 Å². The van der Waals surface area contributed by atoms with Crippen molar-refractivity contribution in [2.75, 3.05) is 5.75 Å². The highest BCUT2D eigenvalue weighted by atomic mass is 32.2. The second-order valence-electron chi connectivity index (χ2n) is 5.02. The summed E-state index contributed by atoms with van der Waals surface area (Å²) in [4.78, 5) is 0. The molecule has 1 aliphatic carbocycles. The molecule has 4 heteroatoms. The van der Waals surface area contributed by atoms with Crippen LogP contribution in [0.1, 0.15) is 44.5 Å². The fourth-order valence-corrected chi connectivity index (χ4v) is 3.94. The number of rotatable bonds is 6. The van der Waals surface area contributed by atoms with Crippen molar-refractivity contribution in [3.8, 4) is 0 Å². The second kappa shape index (κ2) is 6.62. The summed E-state index contributed by atoms with van der Waals surface area (Å²) in [6.07, 6.45) is 5.10. The molecule has 1 heterocycles. The third-order valence-electron chi connectivity index (χ3n) is 3.77.